The second kappa shape index (κ2) is 19.6. The molecule has 0 radical (unpaired) electrons. The van der Waals surface area contributed by atoms with Gasteiger partial charge >= 0.3 is 28.8 Å². The second-order valence-electron chi connectivity index (χ2n) is 18.0. The van der Waals surface area contributed by atoms with E-state index >= 15 is 0 Å². The molecule has 0 aliphatic rings. The molecule has 3 aromatic heterocycles. The van der Waals surface area contributed by atoms with Crippen LogP contribution < -0.4 is 13.7 Å². The van der Waals surface area contributed by atoms with Gasteiger partial charge in [0.1, 0.15) is 0 Å². The molecule has 21 nitrogen and oxygen atoms in total. The third kappa shape index (κ3) is 14.8. The van der Waals surface area contributed by atoms with E-state index in [2.05, 4.69) is 0 Å². The van der Waals surface area contributed by atoms with Gasteiger partial charge in [-0.2, -0.15) is 0 Å². The van der Waals surface area contributed by atoms with Crippen molar-refractivity contribution in [2.75, 3.05) is 13.3 Å². The average Bonchev–Trinajstić information content (AvgIpc) is 3.05. The minimum absolute atomic E-state index is 0.199. The van der Waals surface area contributed by atoms with E-state index in [1.807, 2.05) is 77.6 Å². The van der Waals surface area contributed by atoms with Crippen LogP contribution in [-0.4, -0.2) is 94.4 Å². The average molecular weight is 981 g/mol. The molecule has 0 spiro atoms. The number of hydrogen-bond donors (Lipinski definition) is 12. The van der Waals surface area contributed by atoms with Crippen LogP contribution in [0.4, 0.5) is 0 Å². The molecule has 4 unspecified atom stereocenters. The summed E-state index contributed by atoms with van der Waals surface area (Å²) in [7, 11) is -24.7. The van der Waals surface area contributed by atoms with Gasteiger partial charge in [-0.25, -0.2) is 18.5 Å². The SMILES string of the molecule is CC(C)(C)[n+]1ccc(CC(O)(P(=O)(O)O)P(=O)(O)O)cc1.CC(C)(C)[n+]1cccc(CC(O)(C(=O)O)P(C)(=O)O)c1.CC(C)(C)[n+]1cccc(CC(O)(P(C)(=O)O)P(=O)(O)O)c1. The van der Waals surface area contributed by atoms with Gasteiger partial charge in [0, 0.05) is 130 Å². The van der Waals surface area contributed by atoms with Crippen LogP contribution in [0.3, 0.4) is 0 Å². The summed E-state index contributed by atoms with van der Waals surface area (Å²) in [5, 5.41) is 30.0. The molecule has 12 N–H and O–H groups in total. The van der Waals surface area contributed by atoms with Crippen LogP contribution in [0.25, 0.3) is 0 Å². The predicted molar refractivity (Wildman–Crippen MR) is 226 cm³/mol. The third-order valence-electron chi connectivity index (χ3n) is 9.37. The van der Waals surface area contributed by atoms with E-state index in [1.54, 1.807) is 59.8 Å². The summed E-state index contributed by atoms with van der Waals surface area (Å²) in [6.45, 7) is 19.1. The van der Waals surface area contributed by atoms with Crippen LogP contribution in [0.1, 0.15) is 79.0 Å². The largest absolute Gasteiger partial charge is 0.479 e. The molecule has 4 atom stereocenters. The van der Waals surface area contributed by atoms with Gasteiger partial charge in [-0.05, 0) is 17.7 Å². The molecule has 3 aromatic rings. The molecular formula is C36H63N3O18P5+3. The molecule has 0 aliphatic carbocycles. The molecular weight excluding hydrogens is 917 g/mol. The highest BCUT2D eigenvalue weighted by Crippen LogP contribution is 2.69. The highest BCUT2D eigenvalue weighted by atomic mass is 31.2. The molecule has 352 valence electrons. The lowest BCUT2D eigenvalue weighted by Crippen LogP contribution is -2.50. The smallest absolute Gasteiger partial charge is 0.369 e. The van der Waals surface area contributed by atoms with Crippen molar-refractivity contribution in [2.24, 2.45) is 0 Å². The first-order valence-electron chi connectivity index (χ1n) is 18.4. The van der Waals surface area contributed by atoms with Crippen molar-refractivity contribution < 1.29 is 101 Å². The van der Waals surface area contributed by atoms with E-state index in [-0.39, 0.29) is 22.2 Å². The number of carboxylic acids is 1. The molecule has 3 rings (SSSR count). The summed E-state index contributed by atoms with van der Waals surface area (Å²) in [5.41, 5.74) is 0.321. The lowest BCUT2D eigenvalue weighted by Gasteiger charge is -2.30. The number of aliphatic carboxylic acids is 1. The van der Waals surface area contributed by atoms with Crippen LogP contribution in [-0.2, 0) is 63.5 Å². The van der Waals surface area contributed by atoms with E-state index in [4.69, 9.17) is 24.7 Å². The van der Waals surface area contributed by atoms with E-state index in [0.717, 1.165) is 13.3 Å². The molecule has 0 saturated heterocycles. The van der Waals surface area contributed by atoms with Crippen molar-refractivity contribution in [3.05, 3.63) is 90.3 Å². The number of aromatic nitrogens is 3. The van der Waals surface area contributed by atoms with Gasteiger partial charge in [0.25, 0.3) is 5.08 Å². The number of aliphatic hydroxyl groups is 3. The van der Waals surface area contributed by atoms with Gasteiger partial charge < -0.3 is 59.6 Å². The highest BCUT2D eigenvalue weighted by molar-refractivity contribution is 7.74. The Morgan fingerprint density at radius 2 is 0.806 bits per heavy atom. The van der Waals surface area contributed by atoms with Crippen molar-refractivity contribution >= 4 is 43.5 Å². The van der Waals surface area contributed by atoms with E-state index < -0.39 is 78.3 Å². The zero-order valence-corrected chi connectivity index (χ0v) is 40.9. The lowest BCUT2D eigenvalue weighted by molar-refractivity contribution is -0.754. The van der Waals surface area contributed by atoms with E-state index in [0.29, 0.717) is 11.1 Å². The first-order chi connectivity index (χ1) is 27.2. The van der Waals surface area contributed by atoms with Crippen LogP contribution in [0, 0.1) is 0 Å². The number of carboxylic acid groups (broad SMARTS) is 1. The van der Waals surface area contributed by atoms with Gasteiger partial charge in [0.2, 0.25) is 25.2 Å². The quantitative estimate of drug-likeness (QED) is 0.0914. The highest BCUT2D eigenvalue weighted by Gasteiger charge is 2.59. The molecule has 3 heterocycles. The van der Waals surface area contributed by atoms with Crippen molar-refractivity contribution in [2.45, 2.75) is 114 Å². The van der Waals surface area contributed by atoms with E-state index in [1.165, 1.54) is 12.1 Å². The monoisotopic (exact) mass is 980 g/mol. The summed E-state index contributed by atoms with van der Waals surface area (Å²) in [6, 6.07) is 9.41. The maximum Gasteiger partial charge on any atom is 0.369 e. The van der Waals surface area contributed by atoms with E-state index in [9.17, 15) is 62.5 Å². The van der Waals surface area contributed by atoms with Crippen LogP contribution in [0.2, 0.25) is 0 Å². The second-order valence-corrected chi connectivity index (χ2v) is 29.1. The zero-order chi connectivity index (χ0) is 49.1. The van der Waals surface area contributed by atoms with Gasteiger partial charge in [0.15, 0.2) is 53.8 Å². The number of rotatable bonds is 12. The molecule has 0 amide bonds. The number of nitrogens with zero attached hydrogens (tertiary/aromatic N) is 3. The molecule has 0 saturated carbocycles. The minimum atomic E-state index is -5.43. The Labute approximate surface area is 360 Å². The van der Waals surface area contributed by atoms with Gasteiger partial charge in [0.05, 0.1) is 0 Å². The maximum atomic E-state index is 11.8. The zero-order valence-electron chi connectivity index (χ0n) is 36.4. The Hall–Kier alpha value is -2.37. The fraction of sp³-hybridized carbons (Fsp3) is 0.556. The molecule has 0 aliphatic heterocycles. The summed E-state index contributed by atoms with van der Waals surface area (Å²) in [6.07, 6.45) is 8.16. The first-order valence-corrected chi connectivity index (χ1v) is 27.5. The fourth-order valence-corrected chi connectivity index (χ4v) is 11.0. The molecule has 26 heteroatoms. The minimum Gasteiger partial charge on any atom is -0.479 e. The number of carbonyl (C=O) groups is 1. The molecule has 0 fully saturated rings. The van der Waals surface area contributed by atoms with Crippen LogP contribution >= 0.6 is 37.5 Å². The Morgan fingerprint density at radius 3 is 1.08 bits per heavy atom. The van der Waals surface area contributed by atoms with Gasteiger partial charge in [-0.15, -0.1) is 0 Å². The van der Waals surface area contributed by atoms with Crippen molar-refractivity contribution in [3.8, 4) is 0 Å². The van der Waals surface area contributed by atoms with Crippen molar-refractivity contribution in [3.63, 3.8) is 0 Å². The summed E-state index contributed by atoms with van der Waals surface area (Å²) < 4.78 is 63.0. The van der Waals surface area contributed by atoms with Crippen molar-refractivity contribution in [1.82, 2.24) is 0 Å². The van der Waals surface area contributed by atoms with Crippen LogP contribution in [0.5, 0.6) is 0 Å². The third-order valence-corrected chi connectivity index (χ3v) is 19.3. The molecule has 0 aromatic carbocycles. The standard InChI is InChI=1S/C13H20NO5P.C12H21NO6P2.C11H19NO7P2/c1-12(2,3)14-7-5-6-10(9-14)8-13(17,11(15)16)20(4,18)19;1-11(2,3)13-7-5-6-10(9-13)8-12(14,20(4,15)16)21(17,18)19;1-10(2,3)12-6-4-9(5-7-12)8-11(13,20(14,15)16)21(17,18)19/h5-7,9,17H,8H2,1-4H3,(H-,15,16,18,19);5-7,9,14H,8H2,1-4H3,(H2-,15,16,17,18,19);4-7,13H,8H2,1-3H3,(H3-,14,15,16,17,18,19)/p+3. The first kappa shape index (κ1) is 57.6. The summed E-state index contributed by atoms with van der Waals surface area (Å²) >= 11 is 0. The lowest BCUT2D eigenvalue weighted by atomic mass is 10.1. The topological polar surface area (TPSA) is 357 Å². The Balaban J connectivity index is 0.000000465. The molecule has 0 bridgehead atoms. The van der Waals surface area contributed by atoms with Crippen molar-refractivity contribution in [1.29, 1.82) is 0 Å². The Bertz CT molecular complexity index is 2230. The van der Waals surface area contributed by atoms with Gasteiger partial charge in [-0.3, -0.25) is 22.8 Å². The Morgan fingerprint density at radius 1 is 0.484 bits per heavy atom. The Kier molecular flexibility index (Phi) is 18.2. The number of pyridine rings is 3. The maximum absolute atomic E-state index is 11.8. The number of hydrogen-bond acceptors (Lipinski definition) is 9. The normalized spacial score (nSPS) is 17.1. The summed E-state index contributed by atoms with van der Waals surface area (Å²) in [5.74, 6) is -1.70. The summed E-state index contributed by atoms with van der Waals surface area (Å²) in [4.78, 5) is 85.1. The predicted octanol–water partition coefficient (Wildman–Crippen LogP) is 2.21. The fourth-order valence-electron chi connectivity index (χ4n) is 5.21. The van der Waals surface area contributed by atoms with Gasteiger partial charge in [-0.1, -0.05) is 0 Å². The molecule has 62 heavy (non-hydrogen) atoms. The van der Waals surface area contributed by atoms with Crippen LogP contribution in [0.15, 0.2) is 73.6 Å².